The number of hydrogen-bond acceptors (Lipinski definition) is 4. The lowest BCUT2D eigenvalue weighted by Crippen LogP contribution is -2.42. The van der Waals surface area contributed by atoms with Crippen molar-refractivity contribution in [3.63, 3.8) is 0 Å². The summed E-state index contributed by atoms with van der Waals surface area (Å²) in [6, 6.07) is 7.57. The highest BCUT2D eigenvalue weighted by Crippen LogP contribution is 2.22. The molecule has 22 heavy (non-hydrogen) atoms. The molecule has 0 aromatic heterocycles. The van der Waals surface area contributed by atoms with Gasteiger partial charge in [0.1, 0.15) is 6.54 Å². The van der Waals surface area contributed by atoms with Gasteiger partial charge in [0.25, 0.3) is 0 Å². The van der Waals surface area contributed by atoms with Crippen molar-refractivity contribution in [2.75, 3.05) is 31.3 Å². The predicted octanol–water partition coefficient (Wildman–Crippen LogP) is 2.32. The number of nitrogens with zero attached hydrogens (tertiary/aromatic N) is 1. The fraction of sp³-hybridized carbons (Fsp3) is 0.529. The van der Waals surface area contributed by atoms with Crippen molar-refractivity contribution in [2.24, 2.45) is 5.92 Å². The quantitative estimate of drug-likeness (QED) is 0.783. The molecule has 120 valence electrons. The molecular weight excluding hydrogens is 282 g/mol. The number of rotatable bonds is 5. The van der Waals surface area contributed by atoms with Crippen LogP contribution >= 0.6 is 0 Å². The largest absolute Gasteiger partial charge is 0.465 e. The molecular formula is C17H23NO4. The lowest BCUT2D eigenvalue weighted by Gasteiger charge is -2.28. The van der Waals surface area contributed by atoms with Crippen LogP contribution in [0.15, 0.2) is 24.3 Å². The molecule has 0 spiro atoms. The monoisotopic (exact) mass is 305 g/mol. The Bertz CT molecular complexity index is 506. The van der Waals surface area contributed by atoms with Gasteiger partial charge in [0, 0.05) is 12.3 Å². The number of carbonyl (C=O) groups is 2. The van der Waals surface area contributed by atoms with Gasteiger partial charge in [0.05, 0.1) is 19.1 Å². The Hall–Kier alpha value is -1.88. The van der Waals surface area contributed by atoms with Gasteiger partial charge in [0.15, 0.2) is 0 Å². The van der Waals surface area contributed by atoms with Gasteiger partial charge < -0.3 is 14.4 Å². The fourth-order valence-electron chi connectivity index (χ4n) is 2.51. The second kappa shape index (κ2) is 7.94. The molecule has 1 aromatic rings. The van der Waals surface area contributed by atoms with Gasteiger partial charge in [-0.15, -0.1) is 0 Å². The molecule has 0 aliphatic carbocycles. The minimum absolute atomic E-state index is 0.0633. The van der Waals surface area contributed by atoms with Gasteiger partial charge in [-0.05, 0) is 38.8 Å². The minimum atomic E-state index is -0.395. The summed E-state index contributed by atoms with van der Waals surface area (Å²) in [5, 5.41) is 0. The van der Waals surface area contributed by atoms with E-state index in [1.807, 2.05) is 31.2 Å². The van der Waals surface area contributed by atoms with Crippen LogP contribution in [-0.4, -0.2) is 38.2 Å². The average molecular weight is 305 g/mol. The Morgan fingerprint density at radius 1 is 1.32 bits per heavy atom. The van der Waals surface area contributed by atoms with E-state index in [0.717, 1.165) is 18.4 Å². The standard InChI is InChI=1S/C17H23NO4/c1-3-22-16(19)11-18(15-8-6-13(2)7-9-15)17(20)14-5-4-10-21-12-14/h6-9,14H,3-5,10-12H2,1-2H3/t14-/m1/s1. The average Bonchev–Trinajstić information content (AvgIpc) is 2.54. The molecule has 0 N–H and O–H groups in total. The highest BCUT2D eigenvalue weighted by molar-refractivity contribution is 5.99. The summed E-state index contributed by atoms with van der Waals surface area (Å²) in [5.74, 6) is -0.658. The summed E-state index contributed by atoms with van der Waals surface area (Å²) in [6.45, 7) is 5.10. The topological polar surface area (TPSA) is 55.8 Å². The van der Waals surface area contributed by atoms with Gasteiger partial charge in [-0.1, -0.05) is 17.7 Å². The molecule has 1 atom stereocenters. The van der Waals surface area contributed by atoms with Crippen LogP contribution in [-0.2, 0) is 19.1 Å². The first-order chi connectivity index (χ1) is 10.6. The first-order valence-electron chi connectivity index (χ1n) is 7.73. The molecule has 2 rings (SSSR count). The van der Waals surface area contributed by atoms with E-state index >= 15 is 0 Å². The van der Waals surface area contributed by atoms with Crippen molar-refractivity contribution in [2.45, 2.75) is 26.7 Å². The first kappa shape index (κ1) is 16.5. The zero-order valence-corrected chi connectivity index (χ0v) is 13.2. The number of ether oxygens (including phenoxy) is 2. The Labute approximate surface area is 131 Å². The summed E-state index contributed by atoms with van der Waals surface area (Å²) in [6.07, 6.45) is 1.67. The van der Waals surface area contributed by atoms with Crippen LogP contribution in [0.3, 0.4) is 0 Å². The van der Waals surface area contributed by atoms with E-state index in [0.29, 0.717) is 25.5 Å². The molecule has 1 fully saturated rings. The molecule has 0 saturated carbocycles. The van der Waals surface area contributed by atoms with Crippen LogP contribution in [0.5, 0.6) is 0 Å². The van der Waals surface area contributed by atoms with Crippen LogP contribution in [0.4, 0.5) is 5.69 Å². The number of carbonyl (C=O) groups excluding carboxylic acids is 2. The summed E-state index contributed by atoms with van der Waals surface area (Å²) >= 11 is 0. The maximum atomic E-state index is 12.8. The fourth-order valence-corrected chi connectivity index (χ4v) is 2.51. The third-order valence-corrected chi connectivity index (χ3v) is 3.71. The molecule has 0 bridgehead atoms. The van der Waals surface area contributed by atoms with Crippen LogP contribution in [0.1, 0.15) is 25.3 Å². The van der Waals surface area contributed by atoms with Gasteiger partial charge in [-0.3, -0.25) is 9.59 Å². The smallest absolute Gasteiger partial charge is 0.326 e. The van der Waals surface area contributed by atoms with Crippen LogP contribution in [0, 0.1) is 12.8 Å². The SMILES string of the molecule is CCOC(=O)CN(C(=O)[C@@H]1CCCOC1)c1ccc(C)cc1. The highest BCUT2D eigenvalue weighted by Gasteiger charge is 2.29. The molecule has 5 heteroatoms. The van der Waals surface area contributed by atoms with E-state index < -0.39 is 5.97 Å². The van der Waals surface area contributed by atoms with E-state index in [4.69, 9.17) is 9.47 Å². The molecule has 1 saturated heterocycles. The van der Waals surface area contributed by atoms with Gasteiger partial charge in [0.2, 0.25) is 5.91 Å². The summed E-state index contributed by atoms with van der Waals surface area (Å²) < 4.78 is 10.4. The van der Waals surface area contributed by atoms with E-state index in [9.17, 15) is 9.59 Å². The molecule has 0 radical (unpaired) electrons. The second-order valence-corrected chi connectivity index (χ2v) is 5.48. The normalized spacial score (nSPS) is 17.8. The Morgan fingerprint density at radius 2 is 2.05 bits per heavy atom. The number of benzene rings is 1. The molecule has 1 aromatic carbocycles. The number of amides is 1. The lowest BCUT2D eigenvalue weighted by molar-refractivity contribution is -0.143. The van der Waals surface area contributed by atoms with Crippen molar-refractivity contribution < 1.29 is 19.1 Å². The Balaban J connectivity index is 2.17. The molecule has 1 heterocycles. The zero-order valence-electron chi connectivity index (χ0n) is 13.2. The molecule has 1 amide bonds. The Morgan fingerprint density at radius 3 is 2.64 bits per heavy atom. The maximum absolute atomic E-state index is 12.8. The molecule has 1 aliphatic heterocycles. The molecule has 5 nitrogen and oxygen atoms in total. The third kappa shape index (κ3) is 4.31. The van der Waals surface area contributed by atoms with Crippen molar-refractivity contribution in [1.29, 1.82) is 0 Å². The van der Waals surface area contributed by atoms with Gasteiger partial charge in [-0.25, -0.2) is 0 Å². The summed E-state index contributed by atoms with van der Waals surface area (Å²) in [4.78, 5) is 26.1. The van der Waals surface area contributed by atoms with E-state index in [2.05, 4.69) is 0 Å². The lowest BCUT2D eigenvalue weighted by atomic mass is 10.00. The number of aryl methyl sites for hydroxylation is 1. The maximum Gasteiger partial charge on any atom is 0.326 e. The number of anilines is 1. The summed E-state index contributed by atoms with van der Waals surface area (Å²) in [7, 11) is 0. The van der Waals surface area contributed by atoms with Crippen LogP contribution in [0.25, 0.3) is 0 Å². The van der Waals surface area contributed by atoms with Gasteiger partial charge >= 0.3 is 5.97 Å². The number of esters is 1. The summed E-state index contributed by atoms with van der Waals surface area (Å²) in [5.41, 5.74) is 1.82. The first-order valence-corrected chi connectivity index (χ1v) is 7.73. The van der Waals surface area contributed by atoms with Crippen LogP contribution < -0.4 is 4.90 Å². The van der Waals surface area contributed by atoms with Crippen molar-refractivity contribution in [3.05, 3.63) is 29.8 Å². The number of hydrogen-bond donors (Lipinski definition) is 0. The predicted molar refractivity (Wildman–Crippen MR) is 83.7 cm³/mol. The molecule has 0 unspecified atom stereocenters. The van der Waals surface area contributed by atoms with Crippen molar-refractivity contribution in [3.8, 4) is 0 Å². The van der Waals surface area contributed by atoms with Gasteiger partial charge in [-0.2, -0.15) is 0 Å². The zero-order chi connectivity index (χ0) is 15.9. The van der Waals surface area contributed by atoms with Crippen LogP contribution in [0.2, 0.25) is 0 Å². The van der Waals surface area contributed by atoms with Crippen molar-refractivity contribution in [1.82, 2.24) is 0 Å². The molecule has 1 aliphatic rings. The Kier molecular flexibility index (Phi) is 5.95. The minimum Gasteiger partial charge on any atom is -0.465 e. The van der Waals surface area contributed by atoms with E-state index in [1.54, 1.807) is 6.92 Å². The van der Waals surface area contributed by atoms with E-state index in [-0.39, 0.29) is 18.4 Å². The second-order valence-electron chi connectivity index (χ2n) is 5.48. The van der Waals surface area contributed by atoms with Crippen molar-refractivity contribution >= 4 is 17.6 Å². The third-order valence-electron chi connectivity index (χ3n) is 3.71. The van der Waals surface area contributed by atoms with E-state index in [1.165, 1.54) is 4.90 Å². The highest BCUT2D eigenvalue weighted by atomic mass is 16.5.